The second kappa shape index (κ2) is 10.6. The third kappa shape index (κ3) is 7.88. The first-order chi connectivity index (χ1) is 9.31. The van der Waals surface area contributed by atoms with E-state index in [2.05, 4.69) is 42.0 Å². The van der Waals surface area contributed by atoms with Crippen molar-refractivity contribution >= 4 is 0 Å². The van der Waals surface area contributed by atoms with Crippen LogP contribution < -0.4 is 21.3 Å². The standard InChI is InChI=1S/C15H34N4/c1-4-15(18-6-3)19-12-14-10-13(14)11-17-9-7-8-16-5-2/h13-19H,4-12H2,1-3H3. The van der Waals surface area contributed by atoms with Gasteiger partial charge in [-0.25, -0.2) is 0 Å². The summed E-state index contributed by atoms with van der Waals surface area (Å²) in [5.41, 5.74) is 0. The number of hydrogen-bond acceptors (Lipinski definition) is 4. The van der Waals surface area contributed by atoms with Gasteiger partial charge in [0, 0.05) is 0 Å². The Hall–Kier alpha value is -0.160. The predicted octanol–water partition coefficient (Wildman–Crippen LogP) is 1.15. The minimum absolute atomic E-state index is 0.499. The number of rotatable bonds is 13. The molecule has 3 unspecified atom stereocenters. The van der Waals surface area contributed by atoms with Crippen LogP contribution in [0.2, 0.25) is 0 Å². The van der Waals surface area contributed by atoms with Crippen LogP contribution in [0, 0.1) is 11.8 Å². The first-order valence-electron chi connectivity index (χ1n) is 8.19. The van der Waals surface area contributed by atoms with Crippen LogP contribution >= 0.6 is 0 Å². The average molecular weight is 270 g/mol. The smallest absolute Gasteiger partial charge is 0.0568 e. The SMILES string of the molecule is CCNCCCNCC1CC1CNC(CC)NCC. The molecular formula is C15H34N4. The van der Waals surface area contributed by atoms with E-state index in [0.29, 0.717) is 6.17 Å². The lowest BCUT2D eigenvalue weighted by Crippen LogP contribution is -2.42. The van der Waals surface area contributed by atoms with Gasteiger partial charge in [-0.3, -0.25) is 0 Å². The Balaban J connectivity index is 1.90. The second-order valence-electron chi connectivity index (χ2n) is 5.59. The third-order valence-corrected chi connectivity index (χ3v) is 3.92. The maximum absolute atomic E-state index is 3.63. The predicted molar refractivity (Wildman–Crippen MR) is 83.4 cm³/mol. The molecule has 0 aromatic rings. The highest BCUT2D eigenvalue weighted by atomic mass is 15.1. The summed E-state index contributed by atoms with van der Waals surface area (Å²) in [7, 11) is 0. The largest absolute Gasteiger partial charge is 0.317 e. The van der Waals surface area contributed by atoms with Gasteiger partial charge in [0.05, 0.1) is 6.17 Å². The second-order valence-corrected chi connectivity index (χ2v) is 5.59. The molecular weight excluding hydrogens is 236 g/mol. The van der Waals surface area contributed by atoms with Crippen molar-refractivity contribution < 1.29 is 0 Å². The summed E-state index contributed by atoms with van der Waals surface area (Å²) in [5.74, 6) is 1.81. The van der Waals surface area contributed by atoms with Gasteiger partial charge in [-0.05, 0) is 70.4 Å². The van der Waals surface area contributed by atoms with Gasteiger partial charge in [0.15, 0.2) is 0 Å². The molecule has 1 saturated carbocycles. The van der Waals surface area contributed by atoms with E-state index in [-0.39, 0.29) is 0 Å². The van der Waals surface area contributed by atoms with Crippen molar-refractivity contribution in [3.8, 4) is 0 Å². The van der Waals surface area contributed by atoms with E-state index in [0.717, 1.165) is 44.4 Å². The zero-order chi connectivity index (χ0) is 13.9. The van der Waals surface area contributed by atoms with E-state index < -0.39 is 0 Å². The fraction of sp³-hybridized carbons (Fsp3) is 1.00. The highest BCUT2D eigenvalue weighted by Gasteiger charge is 2.36. The summed E-state index contributed by atoms with van der Waals surface area (Å²) in [5, 5.41) is 14.0. The van der Waals surface area contributed by atoms with Crippen LogP contribution in [-0.2, 0) is 0 Å². The van der Waals surface area contributed by atoms with E-state index in [1.807, 2.05) is 0 Å². The fourth-order valence-corrected chi connectivity index (χ4v) is 2.51. The van der Waals surface area contributed by atoms with Crippen LogP contribution in [-0.4, -0.2) is 45.4 Å². The molecule has 1 aliphatic carbocycles. The summed E-state index contributed by atoms with van der Waals surface area (Å²) < 4.78 is 0. The summed E-state index contributed by atoms with van der Waals surface area (Å²) in [6.07, 6.45) is 4.30. The minimum Gasteiger partial charge on any atom is -0.317 e. The van der Waals surface area contributed by atoms with Gasteiger partial charge < -0.3 is 21.3 Å². The van der Waals surface area contributed by atoms with E-state index in [1.54, 1.807) is 0 Å². The number of hydrogen-bond donors (Lipinski definition) is 4. The van der Waals surface area contributed by atoms with Crippen molar-refractivity contribution in [1.82, 2.24) is 21.3 Å². The molecule has 114 valence electrons. The van der Waals surface area contributed by atoms with Gasteiger partial charge in [0.1, 0.15) is 0 Å². The Morgan fingerprint density at radius 1 is 0.895 bits per heavy atom. The van der Waals surface area contributed by atoms with Crippen molar-refractivity contribution in [3.05, 3.63) is 0 Å². The molecule has 4 N–H and O–H groups in total. The molecule has 4 nitrogen and oxygen atoms in total. The Morgan fingerprint density at radius 3 is 2.32 bits per heavy atom. The lowest BCUT2D eigenvalue weighted by Gasteiger charge is -2.17. The summed E-state index contributed by atoms with van der Waals surface area (Å²) in [4.78, 5) is 0. The van der Waals surface area contributed by atoms with Crippen LogP contribution in [0.3, 0.4) is 0 Å². The quantitative estimate of drug-likeness (QED) is 0.299. The van der Waals surface area contributed by atoms with Crippen LogP contribution in [0.25, 0.3) is 0 Å². The van der Waals surface area contributed by atoms with E-state index in [9.17, 15) is 0 Å². The van der Waals surface area contributed by atoms with Crippen molar-refractivity contribution in [3.63, 3.8) is 0 Å². The van der Waals surface area contributed by atoms with Gasteiger partial charge in [-0.15, -0.1) is 0 Å². The van der Waals surface area contributed by atoms with Crippen LogP contribution in [0.5, 0.6) is 0 Å². The van der Waals surface area contributed by atoms with Crippen molar-refractivity contribution in [2.24, 2.45) is 11.8 Å². The van der Waals surface area contributed by atoms with Gasteiger partial charge >= 0.3 is 0 Å². The highest BCUT2D eigenvalue weighted by Crippen LogP contribution is 2.37. The zero-order valence-electron chi connectivity index (χ0n) is 13.1. The van der Waals surface area contributed by atoms with Crippen molar-refractivity contribution in [2.45, 2.75) is 46.2 Å². The topological polar surface area (TPSA) is 48.1 Å². The van der Waals surface area contributed by atoms with Crippen molar-refractivity contribution in [2.75, 3.05) is 39.3 Å². The Kier molecular flexibility index (Phi) is 9.43. The van der Waals surface area contributed by atoms with Crippen LogP contribution in [0.4, 0.5) is 0 Å². The Bertz CT molecular complexity index is 210. The molecule has 0 radical (unpaired) electrons. The molecule has 0 saturated heterocycles. The molecule has 0 bridgehead atoms. The van der Waals surface area contributed by atoms with Gasteiger partial charge in [0.25, 0.3) is 0 Å². The van der Waals surface area contributed by atoms with Crippen LogP contribution in [0.15, 0.2) is 0 Å². The zero-order valence-corrected chi connectivity index (χ0v) is 13.1. The van der Waals surface area contributed by atoms with Gasteiger partial charge in [-0.2, -0.15) is 0 Å². The summed E-state index contributed by atoms with van der Waals surface area (Å²) in [6.45, 7) is 13.4. The molecule has 19 heavy (non-hydrogen) atoms. The molecule has 0 spiro atoms. The molecule has 0 aliphatic heterocycles. The van der Waals surface area contributed by atoms with E-state index in [1.165, 1.54) is 25.9 Å². The lowest BCUT2D eigenvalue weighted by atomic mass is 10.3. The monoisotopic (exact) mass is 270 g/mol. The summed E-state index contributed by atoms with van der Waals surface area (Å²) in [6, 6.07) is 0. The van der Waals surface area contributed by atoms with E-state index in [4.69, 9.17) is 0 Å². The molecule has 0 heterocycles. The molecule has 0 amide bonds. The number of nitrogens with one attached hydrogen (secondary N) is 4. The lowest BCUT2D eigenvalue weighted by molar-refractivity contribution is 0.407. The molecule has 0 aromatic heterocycles. The van der Waals surface area contributed by atoms with Crippen molar-refractivity contribution in [1.29, 1.82) is 0 Å². The molecule has 4 heteroatoms. The van der Waals surface area contributed by atoms with Gasteiger partial charge in [-0.1, -0.05) is 20.8 Å². The van der Waals surface area contributed by atoms with Gasteiger partial charge in [0.2, 0.25) is 0 Å². The normalized spacial score (nSPS) is 23.5. The van der Waals surface area contributed by atoms with Crippen LogP contribution in [0.1, 0.15) is 40.0 Å². The maximum Gasteiger partial charge on any atom is 0.0568 e. The third-order valence-electron chi connectivity index (χ3n) is 3.92. The molecule has 1 rings (SSSR count). The maximum atomic E-state index is 3.63. The molecule has 1 fully saturated rings. The fourth-order valence-electron chi connectivity index (χ4n) is 2.51. The highest BCUT2D eigenvalue weighted by molar-refractivity contribution is 4.89. The molecule has 0 aromatic carbocycles. The summed E-state index contributed by atoms with van der Waals surface area (Å²) >= 11 is 0. The first kappa shape index (κ1) is 16.9. The Morgan fingerprint density at radius 2 is 1.63 bits per heavy atom. The average Bonchev–Trinajstić information content (AvgIpc) is 3.17. The minimum atomic E-state index is 0.499. The first-order valence-corrected chi connectivity index (χ1v) is 8.19. The Labute approximate surface area is 119 Å². The molecule has 3 atom stereocenters. The van der Waals surface area contributed by atoms with E-state index >= 15 is 0 Å². The molecule has 1 aliphatic rings.